The molecule has 0 radical (unpaired) electrons. The summed E-state index contributed by atoms with van der Waals surface area (Å²) in [6.07, 6.45) is 1.96. The zero-order valence-electron chi connectivity index (χ0n) is 13.0. The van der Waals surface area contributed by atoms with Crippen LogP contribution in [-0.2, 0) is 21.3 Å². The molecule has 1 aromatic rings. The Hall–Kier alpha value is -2.13. The molecule has 0 aliphatic carbocycles. The van der Waals surface area contributed by atoms with Crippen molar-refractivity contribution in [3.05, 3.63) is 29.3 Å². The molecule has 1 heterocycles. The summed E-state index contributed by atoms with van der Waals surface area (Å²) in [5, 5.41) is 0. The highest BCUT2D eigenvalue weighted by atomic mass is 32.2. The van der Waals surface area contributed by atoms with Crippen molar-refractivity contribution in [2.75, 3.05) is 12.9 Å². The second kappa shape index (κ2) is 7.93. The summed E-state index contributed by atoms with van der Waals surface area (Å²) in [6, 6.07) is 5.98. The van der Waals surface area contributed by atoms with Crippen LogP contribution >= 0.6 is 0 Å². The first-order chi connectivity index (χ1) is 10.6. The Morgan fingerprint density at radius 3 is 2.57 bits per heavy atom. The van der Waals surface area contributed by atoms with Gasteiger partial charge in [0, 0.05) is 5.92 Å². The predicted molar refractivity (Wildman–Crippen MR) is 86.8 cm³/mol. The van der Waals surface area contributed by atoms with Gasteiger partial charge in [0.05, 0.1) is 12.9 Å². The van der Waals surface area contributed by atoms with E-state index >= 15 is 0 Å². The van der Waals surface area contributed by atoms with Crippen LogP contribution in [0.3, 0.4) is 0 Å². The first kappa shape index (κ1) is 18.9. The molecule has 128 valence electrons. The Bertz CT molecular complexity index is 688. The Morgan fingerprint density at radius 1 is 1.39 bits per heavy atom. The normalized spacial score (nSPS) is 16.7. The Morgan fingerprint density at radius 2 is 2.00 bits per heavy atom. The number of ether oxygens (including phenoxy) is 1. The van der Waals surface area contributed by atoms with E-state index in [2.05, 4.69) is 4.99 Å². The van der Waals surface area contributed by atoms with Gasteiger partial charge in [-0.25, -0.2) is 0 Å². The fourth-order valence-electron chi connectivity index (χ4n) is 2.12. The maximum absolute atomic E-state index is 11.9. The highest BCUT2D eigenvalue weighted by Crippen LogP contribution is 2.28. The standard InChI is InChI=1S/C13H17N3O2.CH4O3S/c1-8-2-3-11-10(6-8)7-9(4-5-18-11)12(17)16-13(14)15;1-5(2,3)4/h2-3,6,9H,4-5,7H2,1H3,(H4,14,15,16,17);1H3,(H,2,3,4). The summed E-state index contributed by atoms with van der Waals surface area (Å²) in [5.41, 5.74) is 12.7. The summed E-state index contributed by atoms with van der Waals surface area (Å²) in [7, 11) is -3.67. The van der Waals surface area contributed by atoms with Gasteiger partial charge in [0.2, 0.25) is 0 Å². The molecule has 1 unspecified atom stereocenters. The van der Waals surface area contributed by atoms with Gasteiger partial charge in [-0.15, -0.1) is 0 Å². The number of aliphatic imine (C=N–C) groups is 1. The molecule has 0 saturated heterocycles. The number of fused-ring (bicyclic) bond motifs is 1. The van der Waals surface area contributed by atoms with Gasteiger partial charge >= 0.3 is 0 Å². The van der Waals surface area contributed by atoms with E-state index in [0.717, 1.165) is 16.9 Å². The molecule has 0 spiro atoms. The number of benzene rings is 1. The van der Waals surface area contributed by atoms with Gasteiger partial charge < -0.3 is 16.2 Å². The SMILES string of the molecule is CS(=O)(=O)O.Cc1ccc2c(c1)CC(C(=O)N=C(N)N)CCO2. The number of hydrogen-bond donors (Lipinski definition) is 3. The summed E-state index contributed by atoms with van der Waals surface area (Å²) in [4.78, 5) is 15.5. The highest BCUT2D eigenvalue weighted by Gasteiger charge is 2.23. The van der Waals surface area contributed by atoms with Crippen LogP contribution in [0, 0.1) is 12.8 Å². The third-order valence-corrected chi connectivity index (χ3v) is 2.99. The van der Waals surface area contributed by atoms with E-state index in [-0.39, 0.29) is 17.8 Å². The predicted octanol–water partition coefficient (Wildman–Crippen LogP) is 0.240. The quantitative estimate of drug-likeness (QED) is 0.376. The van der Waals surface area contributed by atoms with Crippen molar-refractivity contribution in [2.24, 2.45) is 22.4 Å². The molecule has 0 fully saturated rings. The van der Waals surface area contributed by atoms with Crippen LogP contribution in [0.15, 0.2) is 23.2 Å². The number of guanidine groups is 1. The summed E-state index contributed by atoms with van der Waals surface area (Å²) in [6.45, 7) is 2.52. The Labute approximate surface area is 135 Å². The molecule has 23 heavy (non-hydrogen) atoms. The number of carbonyl (C=O) groups is 1. The van der Waals surface area contributed by atoms with Crippen molar-refractivity contribution in [1.82, 2.24) is 0 Å². The molecule has 2 rings (SSSR count). The molecule has 1 atom stereocenters. The minimum Gasteiger partial charge on any atom is -0.493 e. The van der Waals surface area contributed by atoms with E-state index in [1.54, 1.807) is 0 Å². The zero-order chi connectivity index (χ0) is 17.6. The molecule has 0 aromatic heterocycles. The fraction of sp³-hybridized carbons (Fsp3) is 0.429. The molecule has 8 nitrogen and oxygen atoms in total. The van der Waals surface area contributed by atoms with Gasteiger partial charge in [-0.1, -0.05) is 17.7 Å². The van der Waals surface area contributed by atoms with E-state index in [0.29, 0.717) is 25.7 Å². The van der Waals surface area contributed by atoms with Crippen molar-refractivity contribution in [3.8, 4) is 5.75 Å². The maximum atomic E-state index is 11.9. The molecule has 5 N–H and O–H groups in total. The van der Waals surface area contributed by atoms with Gasteiger partial charge in [0.25, 0.3) is 16.0 Å². The Balaban J connectivity index is 0.000000463. The average Bonchev–Trinajstić information content (AvgIpc) is 2.57. The lowest BCUT2D eigenvalue weighted by Crippen LogP contribution is -2.27. The number of rotatable bonds is 1. The molecule has 1 aromatic carbocycles. The number of hydrogen-bond acceptors (Lipinski definition) is 4. The third-order valence-electron chi connectivity index (χ3n) is 2.99. The molecular formula is C14H21N3O5S. The molecular weight excluding hydrogens is 322 g/mol. The maximum Gasteiger partial charge on any atom is 0.261 e. The van der Waals surface area contributed by atoms with Crippen LogP contribution in [0.5, 0.6) is 5.75 Å². The lowest BCUT2D eigenvalue weighted by Gasteiger charge is -2.09. The summed E-state index contributed by atoms with van der Waals surface area (Å²) >= 11 is 0. The van der Waals surface area contributed by atoms with E-state index in [1.165, 1.54) is 0 Å². The van der Waals surface area contributed by atoms with Gasteiger partial charge in [0.1, 0.15) is 5.75 Å². The first-order valence-corrected chi connectivity index (χ1v) is 8.69. The largest absolute Gasteiger partial charge is 0.493 e. The zero-order valence-corrected chi connectivity index (χ0v) is 13.8. The van der Waals surface area contributed by atoms with Crippen LogP contribution in [0.4, 0.5) is 0 Å². The van der Waals surface area contributed by atoms with Crippen molar-refractivity contribution in [2.45, 2.75) is 19.8 Å². The number of nitrogens with zero attached hydrogens (tertiary/aromatic N) is 1. The number of carbonyl (C=O) groups excluding carboxylic acids is 1. The number of aryl methyl sites for hydroxylation is 1. The summed E-state index contributed by atoms with van der Waals surface area (Å²) < 4.78 is 31.5. The number of amides is 1. The van der Waals surface area contributed by atoms with Crippen LogP contribution in [0.25, 0.3) is 0 Å². The van der Waals surface area contributed by atoms with E-state index in [1.807, 2.05) is 25.1 Å². The van der Waals surface area contributed by atoms with Gasteiger partial charge in [-0.3, -0.25) is 9.35 Å². The average molecular weight is 343 g/mol. The van der Waals surface area contributed by atoms with E-state index in [9.17, 15) is 13.2 Å². The van der Waals surface area contributed by atoms with Crippen molar-refractivity contribution < 1.29 is 22.5 Å². The van der Waals surface area contributed by atoms with Crippen molar-refractivity contribution >= 4 is 22.0 Å². The molecule has 1 aliphatic rings. The fourth-order valence-corrected chi connectivity index (χ4v) is 2.12. The lowest BCUT2D eigenvalue weighted by molar-refractivity contribution is -0.121. The van der Waals surface area contributed by atoms with Crippen LogP contribution in [-0.4, -0.2) is 37.7 Å². The highest BCUT2D eigenvalue weighted by molar-refractivity contribution is 7.85. The molecule has 1 amide bonds. The molecule has 1 aliphatic heterocycles. The minimum atomic E-state index is -3.67. The van der Waals surface area contributed by atoms with Crippen LogP contribution < -0.4 is 16.2 Å². The van der Waals surface area contributed by atoms with E-state index < -0.39 is 10.1 Å². The van der Waals surface area contributed by atoms with Gasteiger partial charge in [0.15, 0.2) is 5.96 Å². The van der Waals surface area contributed by atoms with Crippen molar-refractivity contribution in [1.29, 1.82) is 0 Å². The van der Waals surface area contributed by atoms with Gasteiger partial charge in [-0.2, -0.15) is 13.4 Å². The second-order valence-electron chi connectivity index (χ2n) is 5.26. The first-order valence-electron chi connectivity index (χ1n) is 6.84. The second-order valence-corrected chi connectivity index (χ2v) is 6.72. The lowest BCUT2D eigenvalue weighted by atomic mass is 9.95. The van der Waals surface area contributed by atoms with E-state index in [4.69, 9.17) is 20.8 Å². The Kier molecular flexibility index (Phi) is 6.52. The molecule has 0 bridgehead atoms. The minimum absolute atomic E-state index is 0.186. The summed E-state index contributed by atoms with van der Waals surface area (Å²) in [5.74, 6) is 0.179. The monoisotopic (exact) mass is 343 g/mol. The number of nitrogens with two attached hydrogens (primary N) is 2. The van der Waals surface area contributed by atoms with Crippen LogP contribution in [0.1, 0.15) is 17.5 Å². The molecule has 0 saturated carbocycles. The smallest absolute Gasteiger partial charge is 0.261 e. The van der Waals surface area contributed by atoms with Crippen LogP contribution in [0.2, 0.25) is 0 Å². The topological polar surface area (TPSA) is 145 Å². The van der Waals surface area contributed by atoms with Gasteiger partial charge in [-0.05, 0) is 31.4 Å². The molecule has 9 heteroatoms. The van der Waals surface area contributed by atoms with Crippen molar-refractivity contribution in [3.63, 3.8) is 0 Å². The third kappa shape index (κ3) is 7.61.